The first-order valence-corrected chi connectivity index (χ1v) is 8.22. The summed E-state index contributed by atoms with van der Waals surface area (Å²) >= 11 is 5.77. The Morgan fingerprint density at radius 2 is 1.69 bits per heavy atom. The number of benzene rings is 1. The SMILES string of the molecule is O=C(NCCNC(=O)c1cnc2ccccn2c1=O)c1ccc(Cl)cc1. The van der Waals surface area contributed by atoms with Crippen molar-refractivity contribution in [2.24, 2.45) is 0 Å². The molecule has 0 radical (unpaired) electrons. The fourth-order valence-corrected chi connectivity index (χ4v) is 2.46. The Morgan fingerprint density at radius 3 is 2.42 bits per heavy atom. The van der Waals surface area contributed by atoms with E-state index in [0.29, 0.717) is 16.2 Å². The summed E-state index contributed by atoms with van der Waals surface area (Å²) in [7, 11) is 0. The molecule has 2 N–H and O–H groups in total. The van der Waals surface area contributed by atoms with Crippen molar-refractivity contribution in [3.05, 3.63) is 81.4 Å². The zero-order chi connectivity index (χ0) is 18.5. The van der Waals surface area contributed by atoms with Gasteiger partial charge in [-0.05, 0) is 36.4 Å². The Bertz CT molecular complexity index is 1010. The van der Waals surface area contributed by atoms with Gasteiger partial charge < -0.3 is 10.6 Å². The normalized spacial score (nSPS) is 10.5. The summed E-state index contributed by atoms with van der Waals surface area (Å²) in [6.45, 7) is 0.393. The molecule has 0 saturated carbocycles. The van der Waals surface area contributed by atoms with Gasteiger partial charge in [0.2, 0.25) is 0 Å². The van der Waals surface area contributed by atoms with Gasteiger partial charge in [0.05, 0.1) is 0 Å². The second-order valence-corrected chi connectivity index (χ2v) is 5.86. The van der Waals surface area contributed by atoms with Crippen molar-refractivity contribution in [1.82, 2.24) is 20.0 Å². The lowest BCUT2D eigenvalue weighted by atomic mass is 10.2. The fourth-order valence-electron chi connectivity index (χ4n) is 2.33. The lowest BCUT2D eigenvalue weighted by Gasteiger charge is -2.08. The van der Waals surface area contributed by atoms with Gasteiger partial charge in [-0.1, -0.05) is 17.7 Å². The minimum Gasteiger partial charge on any atom is -0.350 e. The number of hydrogen-bond donors (Lipinski definition) is 2. The molecule has 2 amide bonds. The monoisotopic (exact) mass is 370 g/mol. The van der Waals surface area contributed by atoms with Crippen LogP contribution in [0.3, 0.4) is 0 Å². The zero-order valence-electron chi connectivity index (χ0n) is 13.6. The average molecular weight is 371 g/mol. The smallest absolute Gasteiger partial charge is 0.270 e. The lowest BCUT2D eigenvalue weighted by molar-refractivity contribution is 0.0926. The van der Waals surface area contributed by atoms with Gasteiger partial charge in [0, 0.05) is 36.1 Å². The number of carbonyl (C=O) groups excluding carboxylic acids is 2. The van der Waals surface area contributed by atoms with E-state index in [1.807, 2.05) is 0 Å². The van der Waals surface area contributed by atoms with E-state index >= 15 is 0 Å². The number of rotatable bonds is 5. The van der Waals surface area contributed by atoms with E-state index in [2.05, 4.69) is 15.6 Å². The number of nitrogens with one attached hydrogen (secondary N) is 2. The van der Waals surface area contributed by atoms with Crippen LogP contribution in [0.1, 0.15) is 20.7 Å². The summed E-state index contributed by atoms with van der Waals surface area (Å²) in [4.78, 5) is 40.5. The van der Waals surface area contributed by atoms with E-state index in [0.717, 1.165) is 0 Å². The Labute approximate surface area is 153 Å². The summed E-state index contributed by atoms with van der Waals surface area (Å²) in [6, 6.07) is 11.6. The van der Waals surface area contributed by atoms with Crippen LogP contribution in [0.15, 0.2) is 59.7 Å². The van der Waals surface area contributed by atoms with Gasteiger partial charge >= 0.3 is 0 Å². The van der Waals surface area contributed by atoms with E-state index in [1.165, 1.54) is 10.6 Å². The molecule has 2 aromatic heterocycles. The maximum atomic E-state index is 12.3. The van der Waals surface area contributed by atoms with Crippen LogP contribution in [0.2, 0.25) is 5.02 Å². The van der Waals surface area contributed by atoms with Crippen LogP contribution < -0.4 is 16.2 Å². The molecule has 8 heteroatoms. The van der Waals surface area contributed by atoms with Crippen LogP contribution in [0.5, 0.6) is 0 Å². The maximum absolute atomic E-state index is 12.3. The Hall–Kier alpha value is -3.19. The predicted molar refractivity (Wildman–Crippen MR) is 97.6 cm³/mol. The third kappa shape index (κ3) is 3.89. The van der Waals surface area contributed by atoms with Crippen molar-refractivity contribution in [3.8, 4) is 0 Å². The van der Waals surface area contributed by atoms with Gasteiger partial charge in [-0.2, -0.15) is 0 Å². The highest BCUT2D eigenvalue weighted by molar-refractivity contribution is 6.30. The molecule has 1 aromatic carbocycles. The average Bonchev–Trinajstić information content (AvgIpc) is 2.66. The molecule has 3 rings (SSSR count). The standard InChI is InChI=1S/C18H15ClN4O3/c19-13-6-4-12(5-7-13)16(24)20-8-9-21-17(25)14-11-22-15-3-1-2-10-23(15)18(14)26/h1-7,10-11H,8-9H2,(H,20,24)(H,21,25). The Balaban J connectivity index is 1.56. The van der Waals surface area contributed by atoms with Crippen LogP contribution in [0.25, 0.3) is 5.65 Å². The van der Waals surface area contributed by atoms with E-state index in [-0.39, 0.29) is 24.6 Å². The van der Waals surface area contributed by atoms with Gasteiger partial charge in [-0.3, -0.25) is 18.8 Å². The summed E-state index contributed by atoms with van der Waals surface area (Å²) in [6.07, 6.45) is 2.80. The molecule has 0 spiro atoms. The van der Waals surface area contributed by atoms with Crippen molar-refractivity contribution < 1.29 is 9.59 Å². The number of pyridine rings is 1. The zero-order valence-corrected chi connectivity index (χ0v) is 14.4. The molecule has 0 fully saturated rings. The molecular formula is C18H15ClN4O3. The molecular weight excluding hydrogens is 356 g/mol. The first-order valence-electron chi connectivity index (χ1n) is 7.84. The highest BCUT2D eigenvalue weighted by Crippen LogP contribution is 2.09. The number of carbonyl (C=O) groups is 2. The molecule has 0 bridgehead atoms. The number of halogens is 1. The number of hydrogen-bond acceptors (Lipinski definition) is 4. The Kier molecular flexibility index (Phi) is 5.28. The topological polar surface area (TPSA) is 92.6 Å². The van der Waals surface area contributed by atoms with Gasteiger partial charge in [-0.15, -0.1) is 0 Å². The predicted octanol–water partition coefficient (Wildman–Crippen LogP) is 1.51. The second-order valence-electron chi connectivity index (χ2n) is 5.42. The minimum absolute atomic E-state index is 0.0577. The van der Waals surface area contributed by atoms with Gasteiger partial charge in [-0.25, -0.2) is 4.98 Å². The summed E-state index contributed by atoms with van der Waals surface area (Å²) < 4.78 is 1.30. The maximum Gasteiger partial charge on any atom is 0.270 e. The van der Waals surface area contributed by atoms with Crippen LogP contribution in [0, 0.1) is 0 Å². The third-order valence-corrected chi connectivity index (χ3v) is 3.91. The van der Waals surface area contributed by atoms with Gasteiger partial charge in [0.15, 0.2) is 0 Å². The van der Waals surface area contributed by atoms with Crippen LogP contribution in [0.4, 0.5) is 0 Å². The van der Waals surface area contributed by atoms with E-state index < -0.39 is 11.5 Å². The number of nitrogens with zero attached hydrogens (tertiary/aromatic N) is 2. The largest absolute Gasteiger partial charge is 0.350 e. The van der Waals surface area contributed by atoms with E-state index in [1.54, 1.807) is 48.7 Å². The highest BCUT2D eigenvalue weighted by atomic mass is 35.5. The molecule has 0 aliphatic heterocycles. The Morgan fingerprint density at radius 1 is 1.00 bits per heavy atom. The van der Waals surface area contributed by atoms with Crippen molar-refractivity contribution in [1.29, 1.82) is 0 Å². The van der Waals surface area contributed by atoms with Crippen LogP contribution in [-0.4, -0.2) is 34.3 Å². The van der Waals surface area contributed by atoms with Crippen molar-refractivity contribution in [3.63, 3.8) is 0 Å². The van der Waals surface area contributed by atoms with Crippen molar-refractivity contribution in [2.75, 3.05) is 13.1 Å². The molecule has 7 nitrogen and oxygen atoms in total. The molecule has 0 atom stereocenters. The minimum atomic E-state index is -0.540. The van der Waals surface area contributed by atoms with Gasteiger partial charge in [0.25, 0.3) is 17.4 Å². The molecule has 0 aliphatic carbocycles. The second kappa shape index (κ2) is 7.79. The molecule has 3 aromatic rings. The van der Waals surface area contributed by atoms with Crippen LogP contribution >= 0.6 is 11.6 Å². The van der Waals surface area contributed by atoms with Crippen molar-refractivity contribution >= 4 is 29.1 Å². The number of aromatic nitrogens is 2. The van der Waals surface area contributed by atoms with Crippen molar-refractivity contribution in [2.45, 2.75) is 0 Å². The van der Waals surface area contributed by atoms with Crippen LogP contribution in [-0.2, 0) is 0 Å². The molecule has 0 aliphatic rings. The molecule has 132 valence electrons. The molecule has 2 heterocycles. The van der Waals surface area contributed by atoms with Gasteiger partial charge in [0.1, 0.15) is 11.2 Å². The molecule has 0 unspecified atom stereocenters. The highest BCUT2D eigenvalue weighted by Gasteiger charge is 2.12. The summed E-state index contributed by atoms with van der Waals surface area (Å²) in [5.74, 6) is -0.815. The number of amides is 2. The third-order valence-electron chi connectivity index (χ3n) is 3.66. The lowest BCUT2D eigenvalue weighted by Crippen LogP contribution is -2.37. The summed E-state index contributed by atoms with van der Waals surface area (Å²) in [5.41, 5.74) is 0.429. The molecule has 26 heavy (non-hydrogen) atoms. The quantitative estimate of drug-likeness (QED) is 0.666. The van der Waals surface area contributed by atoms with E-state index in [4.69, 9.17) is 11.6 Å². The molecule has 0 saturated heterocycles. The fraction of sp³-hybridized carbons (Fsp3) is 0.111. The van der Waals surface area contributed by atoms with E-state index in [9.17, 15) is 14.4 Å². The summed E-state index contributed by atoms with van der Waals surface area (Å²) in [5, 5.41) is 5.81. The first kappa shape index (κ1) is 17.6. The number of fused-ring (bicyclic) bond motifs is 1. The first-order chi connectivity index (χ1) is 12.6.